The van der Waals surface area contributed by atoms with Crippen molar-refractivity contribution in [3.63, 3.8) is 0 Å². The second kappa shape index (κ2) is 7.15. The van der Waals surface area contributed by atoms with Crippen molar-refractivity contribution in [2.75, 3.05) is 10.6 Å². The largest absolute Gasteiger partial charge is 0.363 e. The molecule has 2 aromatic heterocycles. The van der Waals surface area contributed by atoms with E-state index < -0.39 is 0 Å². The normalized spacial score (nSPS) is 14.8. The zero-order valence-electron chi connectivity index (χ0n) is 15.1. The molecule has 1 aliphatic carbocycles. The molecule has 0 aliphatic heterocycles. The van der Waals surface area contributed by atoms with E-state index in [0.717, 1.165) is 17.1 Å². The Hall–Kier alpha value is -2.67. The molecule has 3 aromatic rings. The van der Waals surface area contributed by atoms with Gasteiger partial charge in [-0.2, -0.15) is 5.10 Å². The van der Waals surface area contributed by atoms with Crippen molar-refractivity contribution in [1.29, 1.82) is 0 Å². The average molecular weight is 387 g/mol. The first-order valence-corrected chi connectivity index (χ1v) is 9.25. The maximum Gasteiger partial charge on any atom is 0.153 e. The van der Waals surface area contributed by atoms with Gasteiger partial charge in [0.2, 0.25) is 0 Å². The Morgan fingerprint density at radius 3 is 2.67 bits per heavy atom. The molecule has 140 valence electrons. The minimum Gasteiger partial charge on any atom is -0.363 e. The predicted molar refractivity (Wildman–Crippen MR) is 104 cm³/mol. The van der Waals surface area contributed by atoms with Crippen LogP contribution < -0.4 is 10.6 Å². The fourth-order valence-electron chi connectivity index (χ4n) is 2.99. The van der Waals surface area contributed by atoms with Crippen LogP contribution in [-0.2, 0) is 0 Å². The highest BCUT2D eigenvalue weighted by Crippen LogP contribution is 2.39. The number of hydrogen-bond donors (Lipinski definition) is 3. The summed E-state index contributed by atoms with van der Waals surface area (Å²) >= 11 is 6.16. The molecule has 0 amide bonds. The lowest BCUT2D eigenvalue weighted by molar-refractivity contribution is 0.626. The number of rotatable bonds is 6. The summed E-state index contributed by atoms with van der Waals surface area (Å²) in [6.45, 7) is 3.77. The van der Waals surface area contributed by atoms with Crippen molar-refractivity contribution in [3.05, 3.63) is 58.3 Å². The molecule has 1 aromatic carbocycles. The van der Waals surface area contributed by atoms with Crippen LogP contribution >= 0.6 is 11.6 Å². The number of anilines is 3. The Bertz CT molecular complexity index is 969. The third-order valence-electron chi connectivity index (χ3n) is 4.50. The summed E-state index contributed by atoms with van der Waals surface area (Å²) in [6, 6.07) is 8.06. The van der Waals surface area contributed by atoms with Gasteiger partial charge < -0.3 is 10.6 Å². The van der Waals surface area contributed by atoms with Crippen LogP contribution in [0.4, 0.5) is 21.8 Å². The lowest BCUT2D eigenvalue weighted by Gasteiger charge is -2.17. The van der Waals surface area contributed by atoms with Gasteiger partial charge in [0.05, 0.1) is 6.04 Å². The molecule has 1 aliphatic rings. The molecule has 0 spiro atoms. The van der Waals surface area contributed by atoms with Gasteiger partial charge in [0.15, 0.2) is 5.82 Å². The fourth-order valence-corrected chi connectivity index (χ4v) is 3.32. The second-order valence-electron chi connectivity index (χ2n) is 6.83. The monoisotopic (exact) mass is 386 g/mol. The maximum absolute atomic E-state index is 13.3. The third kappa shape index (κ3) is 4.19. The molecule has 2 heterocycles. The quantitative estimate of drug-likeness (QED) is 0.549. The van der Waals surface area contributed by atoms with Crippen molar-refractivity contribution in [1.82, 2.24) is 20.2 Å². The van der Waals surface area contributed by atoms with Gasteiger partial charge in [-0.3, -0.25) is 5.10 Å². The van der Waals surface area contributed by atoms with E-state index in [-0.39, 0.29) is 11.9 Å². The number of H-pyrrole nitrogens is 1. The summed E-state index contributed by atoms with van der Waals surface area (Å²) in [6.07, 6.45) is 2.43. The molecule has 8 heteroatoms. The fraction of sp³-hybridized carbons (Fsp3) is 0.316. The molecule has 1 unspecified atom stereocenters. The van der Waals surface area contributed by atoms with Gasteiger partial charge >= 0.3 is 0 Å². The number of halogens is 2. The van der Waals surface area contributed by atoms with Crippen LogP contribution in [0.15, 0.2) is 30.3 Å². The van der Waals surface area contributed by atoms with Crippen molar-refractivity contribution in [2.45, 2.75) is 38.6 Å². The second-order valence-corrected chi connectivity index (χ2v) is 7.23. The summed E-state index contributed by atoms with van der Waals surface area (Å²) in [4.78, 5) is 8.84. The van der Waals surface area contributed by atoms with Crippen molar-refractivity contribution < 1.29 is 4.39 Å². The van der Waals surface area contributed by atoms with E-state index in [1.165, 1.54) is 25.0 Å². The van der Waals surface area contributed by atoms with Crippen LogP contribution in [0, 0.1) is 12.7 Å². The predicted octanol–water partition coefficient (Wildman–Crippen LogP) is 5.09. The van der Waals surface area contributed by atoms with Crippen LogP contribution in [0.3, 0.4) is 0 Å². The van der Waals surface area contributed by atoms with Crippen molar-refractivity contribution in [3.8, 4) is 0 Å². The molecular weight excluding hydrogens is 367 g/mol. The molecule has 0 saturated heterocycles. The Balaban J connectivity index is 1.50. The standard InChI is InChI=1S/C19H20ClFN6/c1-10(14-6-5-13(21)7-15(14)20)22-17-9-18(24-11(2)23-17)25-19-8-16(26-27-19)12-3-4-12/h5-10,12H,3-4H2,1-2H3,(H3,22,23,24,25,26,27). The minimum atomic E-state index is -0.357. The van der Waals surface area contributed by atoms with E-state index >= 15 is 0 Å². The molecular formula is C19H20ClFN6. The number of aryl methyl sites for hydroxylation is 1. The first kappa shape index (κ1) is 17.7. The molecule has 1 saturated carbocycles. The van der Waals surface area contributed by atoms with Crippen LogP contribution in [0.1, 0.15) is 48.8 Å². The lowest BCUT2D eigenvalue weighted by atomic mass is 10.1. The van der Waals surface area contributed by atoms with E-state index in [9.17, 15) is 4.39 Å². The maximum atomic E-state index is 13.3. The van der Waals surface area contributed by atoms with Gasteiger partial charge in [-0.05, 0) is 44.4 Å². The summed E-state index contributed by atoms with van der Waals surface area (Å²) in [5, 5.41) is 14.2. The van der Waals surface area contributed by atoms with Crippen LogP contribution in [0.2, 0.25) is 5.02 Å². The number of nitrogens with zero attached hydrogens (tertiary/aromatic N) is 3. The van der Waals surface area contributed by atoms with Crippen LogP contribution in [0.25, 0.3) is 0 Å². The average Bonchev–Trinajstić information content (AvgIpc) is 3.34. The Morgan fingerprint density at radius 1 is 1.15 bits per heavy atom. The van der Waals surface area contributed by atoms with Gasteiger partial charge in [0.25, 0.3) is 0 Å². The molecule has 3 N–H and O–H groups in total. The smallest absolute Gasteiger partial charge is 0.153 e. The molecule has 6 nitrogen and oxygen atoms in total. The highest BCUT2D eigenvalue weighted by Gasteiger charge is 2.25. The summed E-state index contributed by atoms with van der Waals surface area (Å²) < 4.78 is 13.3. The van der Waals surface area contributed by atoms with Crippen molar-refractivity contribution in [2.24, 2.45) is 0 Å². The molecule has 0 bridgehead atoms. The molecule has 27 heavy (non-hydrogen) atoms. The zero-order chi connectivity index (χ0) is 19.0. The molecule has 0 radical (unpaired) electrons. The highest BCUT2D eigenvalue weighted by atomic mass is 35.5. The number of nitrogens with one attached hydrogen (secondary N) is 3. The van der Waals surface area contributed by atoms with E-state index in [2.05, 4.69) is 30.8 Å². The van der Waals surface area contributed by atoms with E-state index in [1.54, 1.807) is 6.07 Å². The van der Waals surface area contributed by atoms with Gasteiger partial charge in [-0.25, -0.2) is 14.4 Å². The minimum absolute atomic E-state index is 0.146. The van der Waals surface area contributed by atoms with E-state index in [0.29, 0.717) is 28.4 Å². The summed E-state index contributed by atoms with van der Waals surface area (Å²) in [7, 11) is 0. The Labute approximate surface area is 161 Å². The molecule has 1 atom stereocenters. The van der Waals surface area contributed by atoms with E-state index in [4.69, 9.17) is 11.6 Å². The Morgan fingerprint density at radius 2 is 1.93 bits per heavy atom. The third-order valence-corrected chi connectivity index (χ3v) is 4.83. The Kier molecular flexibility index (Phi) is 4.70. The highest BCUT2D eigenvalue weighted by molar-refractivity contribution is 6.31. The number of hydrogen-bond acceptors (Lipinski definition) is 5. The molecule has 1 fully saturated rings. The van der Waals surface area contributed by atoms with Crippen LogP contribution in [-0.4, -0.2) is 20.2 Å². The van der Waals surface area contributed by atoms with Gasteiger partial charge in [-0.1, -0.05) is 17.7 Å². The first-order chi connectivity index (χ1) is 13.0. The topological polar surface area (TPSA) is 78.5 Å². The zero-order valence-corrected chi connectivity index (χ0v) is 15.8. The van der Waals surface area contributed by atoms with Gasteiger partial charge in [-0.15, -0.1) is 0 Å². The molecule has 4 rings (SSSR count). The lowest BCUT2D eigenvalue weighted by Crippen LogP contribution is -2.10. The first-order valence-electron chi connectivity index (χ1n) is 8.87. The van der Waals surface area contributed by atoms with Gasteiger partial charge in [0, 0.05) is 28.8 Å². The summed E-state index contributed by atoms with van der Waals surface area (Å²) in [5.41, 5.74) is 1.95. The van der Waals surface area contributed by atoms with E-state index in [1.807, 2.05) is 26.0 Å². The number of aromatic amines is 1. The number of aromatic nitrogens is 4. The van der Waals surface area contributed by atoms with Crippen molar-refractivity contribution >= 4 is 29.1 Å². The number of benzene rings is 1. The SMILES string of the molecule is Cc1nc(Nc2cc(C3CC3)[nH]n2)cc(NC(C)c2ccc(F)cc2Cl)n1. The van der Waals surface area contributed by atoms with Gasteiger partial charge in [0.1, 0.15) is 23.3 Å². The summed E-state index contributed by atoms with van der Waals surface area (Å²) in [5.74, 6) is 2.91. The van der Waals surface area contributed by atoms with Crippen LogP contribution in [0.5, 0.6) is 0 Å².